The van der Waals surface area contributed by atoms with Crippen LogP contribution >= 0.6 is 11.8 Å². The zero-order valence-corrected chi connectivity index (χ0v) is 12.7. The normalized spacial score (nSPS) is 10.3. The average Bonchev–Trinajstić information content (AvgIpc) is 2.49. The molecular weight excluding hydrogens is 284 g/mol. The maximum atomic E-state index is 11.0. The van der Waals surface area contributed by atoms with E-state index in [1.807, 2.05) is 0 Å². The van der Waals surface area contributed by atoms with E-state index in [0.717, 1.165) is 12.2 Å². The number of benzene rings is 2. The SMILES string of the molecule is Cc1ccc(SCCCOc2ccccc2C(=O)O)cc1. The molecule has 0 aliphatic rings. The fourth-order valence-electron chi connectivity index (χ4n) is 1.83. The van der Waals surface area contributed by atoms with E-state index in [2.05, 4.69) is 31.2 Å². The first-order chi connectivity index (χ1) is 10.2. The zero-order chi connectivity index (χ0) is 15.1. The first-order valence-electron chi connectivity index (χ1n) is 6.81. The van der Waals surface area contributed by atoms with E-state index in [0.29, 0.717) is 12.4 Å². The van der Waals surface area contributed by atoms with Crippen LogP contribution in [0.25, 0.3) is 0 Å². The van der Waals surface area contributed by atoms with Crippen molar-refractivity contribution in [3.8, 4) is 5.75 Å². The van der Waals surface area contributed by atoms with Gasteiger partial charge in [0.2, 0.25) is 0 Å². The standard InChI is InChI=1S/C17H18O3S/c1-13-7-9-14(10-8-13)21-12-4-11-20-16-6-3-2-5-15(16)17(18)19/h2-3,5-10H,4,11-12H2,1H3,(H,18,19). The smallest absolute Gasteiger partial charge is 0.339 e. The number of para-hydroxylation sites is 1. The van der Waals surface area contributed by atoms with Gasteiger partial charge in [-0.3, -0.25) is 0 Å². The molecule has 2 aromatic carbocycles. The van der Waals surface area contributed by atoms with Crippen molar-refractivity contribution < 1.29 is 14.6 Å². The highest BCUT2D eigenvalue weighted by molar-refractivity contribution is 7.99. The van der Waals surface area contributed by atoms with Crippen molar-refractivity contribution in [3.63, 3.8) is 0 Å². The summed E-state index contributed by atoms with van der Waals surface area (Å²) >= 11 is 1.78. The number of carboxylic acid groups (broad SMARTS) is 1. The van der Waals surface area contributed by atoms with E-state index in [1.165, 1.54) is 10.5 Å². The number of ether oxygens (including phenoxy) is 1. The minimum atomic E-state index is -0.959. The Balaban J connectivity index is 1.75. The van der Waals surface area contributed by atoms with Gasteiger partial charge in [-0.05, 0) is 37.6 Å². The van der Waals surface area contributed by atoms with Crippen LogP contribution < -0.4 is 4.74 Å². The molecule has 0 aromatic heterocycles. The Morgan fingerprint density at radius 1 is 1.14 bits per heavy atom. The lowest BCUT2D eigenvalue weighted by Crippen LogP contribution is -2.04. The van der Waals surface area contributed by atoms with Crippen molar-refractivity contribution in [3.05, 3.63) is 59.7 Å². The Labute approximate surface area is 129 Å². The number of aryl methyl sites for hydroxylation is 1. The molecule has 2 rings (SSSR count). The van der Waals surface area contributed by atoms with Gasteiger partial charge in [0.25, 0.3) is 0 Å². The number of aromatic carboxylic acids is 1. The summed E-state index contributed by atoms with van der Waals surface area (Å²) in [4.78, 5) is 12.3. The van der Waals surface area contributed by atoms with Crippen LogP contribution in [-0.4, -0.2) is 23.4 Å². The first kappa shape index (κ1) is 15.4. The van der Waals surface area contributed by atoms with Crippen LogP contribution in [0.2, 0.25) is 0 Å². The second kappa shape index (κ2) is 7.74. The summed E-state index contributed by atoms with van der Waals surface area (Å²) in [5.74, 6) is 0.420. The number of carbonyl (C=O) groups is 1. The van der Waals surface area contributed by atoms with E-state index in [1.54, 1.807) is 36.0 Å². The number of hydrogen-bond donors (Lipinski definition) is 1. The van der Waals surface area contributed by atoms with Crippen LogP contribution in [0.1, 0.15) is 22.3 Å². The third-order valence-electron chi connectivity index (χ3n) is 2.95. The summed E-state index contributed by atoms with van der Waals surface area (Å²) in [6.07, 6.45) is 0.868. The third-order valence-corrected chi connectivity index (χ3v) is 4.05. The highest BCUT2D eigenvalue weighted by atomic mass is 32.2. The molecule has 0 radical (unpaired) electrons. The fraction of sp³-hybridized carbons (Fsp3) is 0.235. The van der Waals surface area contributed by atoms with Gasteiger partial charge in [-0.2, -0.15) is 0 Å². The van der Waals surface area contributed by atoms with Crippen molar-refractivity contribution in [2.24, 2.45) is 0 Å². The third kappa shape index (κ3) is 4.83. The van der Waals surface area contributed by atoms with Gasteiger partial charge in [0.15, 0.2) is 0 Å². The van der Waals surface area contributed by atoms with Crippen molar-refractivity contribution in [1.82, 2.24) is 0 Å². The molecule has 0 amide bonds. The Morgan fingerprint density at radius 2 is 1.86 bits per heavy atom. The quantitative estimate of drug-likeness (QED) is 0.613. The second-order valence-electron chi connectivity index (χ2n) is 4.66. The monoisotopic (exact) mass is 302 g/mol. The van der Waals surface area contributed by atoms with Gasteiger partial charge in [-0.25, -0.2) is 4.79 Å². The average molecular weight is 302 g/mol. The van der Waals surface area contributed by atoms with Crippen molar-refractivity contribution >= 4 is 17.7 Å². The molecule has 0 bridgehead atoms. The summed E-state index contributed by atoms with van der Waals surface area (Å²) in [6.45, 7) is 2.59. The van der Waals surface area contributed by atoms with Crippen LogP contribution in [0.3, 0.4) is 0 Å². The molecule has 0 atom stereocenters. The van der Waals surface area contributed by atoms with Crippen LogP contribution in [0.5, 0.6) is 5.75 Å². The summed E-state index contributed by atoms with van der Waals surface area (Å²) in [6, 6.07) is 15.1. The molecular formula is C17H18O3S. The van der Waals surface area contributed by atoms with E-state index < -0.39 is 5.97 Å². The predicted molar refractivity (Wildman–Crippen MR) is 85.4 cm³/mol. The minimum absolute atomic E-state index is 0.212. The van der Waals surface area contributed by atoms with Gasteiger partial charge < -0.3 is 9.84 Å². The molecule has 2 aromatic rings. The van der Waals surface area contributed by atoms with Crippen molar-refractivity contribution in [1.29, 1.82) is 0 Å². The van der Waals surface area contributed by atoms with Crippen LogP contribution in [0, 0.1) is 6.92 Å². The molecule has 1 N–H and O–H groups in total. The van der Waals surface area contributed by atoms with E-state index in [-0.39, 0.29) is 5.56 Å². The summed E-state index contributed by atoms with van der Waals surface area (Å²) < 4.78 is 5.56. The van der Waals surface area contributed by atoms with E-state index >= 15 is 0 Å². The zero-order valence-electron chi connectivity index (χ0n) is 11.9. The number of hydrogen-bond acceptors (Lipinski definition) is 3. The molecule has 0 fully saturated rings. The van der Waals surface area contributed by atoms with E-state index in [9.17, 15) is 4.79 Å². The van der Waals surface area contributed by atoms with Crippen molar-refractivity contribution in [2.45, 2.75) is 18.2 Å². The molecule has 4 heteroatoms. The Morgan fingerprint density at radius 3 is 2.57 bits per heavy atom. The molecule has 0 heterocycles. The van der Waals surface area contributed by atoms with Gasteiger partial charge >= 0.3 is 5.97 Å². The largest absolute Gasteiger partial charge is 0.493 e. The fourth-order valence-corrected chi connectivity index (χ4v) is 2.66. The topological polar surface area (TPSA) is 46.5 Å². The van der Waals surface area contributed by atoms with Gasteiger partial charge in [0, 0.05) is 10.6 Å². The van der Waals surface area contributed by atoms with Crippen LogP contribution in [0.4, 0.5) is 0 Å². The second-order valence-corrected chi connectivity index (χ2v) is 5.83. The van der Waals surface area contributed by atoms with Gasteiger partial charge in [-0.1, -0.05) is 29.8 Å². The van der Waals surface area contributed by atoms with Crippen LogP contribution in [-0.2, 0) is 0 Å². The molecule has 0 saturated heterocycles. The van der Waals surface area contributed by atoms with Gasteiger partial charge in [0.1, 0.15) is 11.3 Å². The molecule has 0 unspecified atom stereocenters. The predicted octanol–water partition coefficient (Wildman–Crippen LogP) is 4.25. The van der Waals surface area contributed by atoms with Crippen molar-refractivity contribution in [2.75, 3.05) is 12.4 Å². The number of rotatable bonds is 7. The lowest BCUT2D eigenvalue weighted by molar-refractivity contribution is 0.0692. The maximum absolute atomic E-state index is 11.0. The Hall–Kier alpha value is -1.94. The molecule has 0 aliphatic carbocycles. The lowest BCUT2D eigenvalue weighted by atomic mass is 10.2. The number of carboxylic acids is 1. The Bertz CT molecular complexity index is 593. The summed E-state index contributed by atoms with van der Waals surface area (Å²) in [5.41, 5.74) is 1.47. The van der Waals surface area contributed by atoms with Gasteiger partial charge in [-0.15, -0.1) is 11.8 Å². The molecule has 110 valence electrons. The molecule has 0 spiro atoms. The summed E-state index contributed by atoms with van der Waals surface area (Å²) in [5, 5.41) is 9.06. The molecule has 21 heavy (non-hydrogen) atoms. The highest BCUT2D eigenvalue weighted by Crippen LogP contribution is 2.20. The molecule has 0 aliphatic heterocycles. The number of thioether (sulfide) groups is 1. The lowest BCUT2D eigenvalue weighted by Gasteiger charge is -2.08. The maximum Gasteiger partial charge on any atom is 0.339 e. The Kier molecular flexibility index (Phi) is 5.69. The highest BCUT2D eigenvalue weighted by Gasteiger charge is 2.09. The molecule has 3 nitrogen and oxygen atoms in total. The van der Waals surface area contributed by atoms with Gasteiger partial charge in [0.05, 0.1) is 6.61 Å². The first-order valence-corrected chi connectivity index (χ1v) is 7.80. The van der Waals surface area contributed by atoms with E-state index in [4.69, 9.17) is 9.84 Å². The minimum Gasteiger partial charge on any atom is -0.493 e. The summed E-state index contributed by atoms with van der Waals surface area (Å²) in [7, 11) is 0. The molecule has 0 saturated carbocycles. The van der Waals surface area contributed by atoms with Crippen LogP contribution in [0.15, 0.2) is 53.4 Å².